The van der Waals surface area contributed by atoms with Crippen molar-refractivity contribution in [2.24, 2.45) is 0 Å². The summed E-state index contributed by atoms with van der Waals surface area (Å²) >= 11 is 10.9. The molecule has 63 valence electrons. The van der Waals surface area contributed by atoms with Crippen molar-refractivity contribution in [1.29, 1.82) is 0 Å². The maximum absolute atomic E-state index is 5.44. The van der Waals surface area contributed by atoms with Crippen LogP contribution in [0.3, 0.4) is 0 Å². The zero-order chi connectivity index (χ0) is 8.69. The molecule has 0 aromatic heterocycles. The van der Waals surface area contributed by atoms with E-state index in [4.69, 9.17) is 23.2 Å². The Hall–Kier alpha value is 0.0600. The van der Waals surface area contributed by atoms with E-state index in [2.05, 4.69) is 13.8 Å². The van der Waals surface area contributed by atoms with Gasteiger partial charge in [-0.05, 0) is 26.2 Å². The number of halogens is 2. The molecule has 0 saturated carbocycles. The molecule has 2 heteroatoms. The van der Waals surface area contributed by atoms with Gasteiger partial charge in [0.1, 0.15) is 4.49 Å². The van der Waals surface area contributed by atoms with E-state index in [1.807, 2.05) is 12.2 Å². The van der Waals surface area contributed by atoms with Crippen molar-refractivity contribution < 1.29 is 0 Å². The lowest BCUT2D eigenvalue weighted by Crippen LogP contribution is -1.79. The number of hydrogen-bond acceptors (Lipinski definition) is 0. The summed E-state index contributed by atoms with van der Waals surface area (Å²) in [5.41, 5.74) is 1.34. The van der Waals surface area contributed by atoms with E-state index in [0.29, 0.717) is 4.49 Å². The Balaban J connectivity index is 3.61. The minimum Gasteiger partial charge on any atom is -0.0850 e. The highest BCUT2D eigenvalue weighted by atomic mass is 35.5. The summed E-state index contributed by atoms with van der Waals surface area (Å²) in [4.78, 5) is 0. The molecule has 0 aliphatic rings. The maximum atomic E-state index is 5.44. The number of hydrogen-bond donors (Lipinski definition) is 0. The van der Waals surface area contributed by atoms with Crippen LogP contribution in [-0.4, -0.2) is 0 Å². The van der Waals surface area contributed by atoms with E-state index in [1.54, 1.807) is 0 Å². The summed E-state index contributed by atoms with van der Waals surface area (Å²) in [7, 11) is 0. The minimum atomic E-state index is 0.351. The van der Waals surface area contributed by atoms with E-state index in [0.717, 1.165) is 19.3 Å². The van der Waals surface area contributed by atoms with Gasteiger partial charge in [-0.3, -0.25) is 0 Å². The topological polar surface area (TPSA) is 0 Å². The smallest absolute Gasteiger partial charge is 0.0850 e. The molecule has 1 radical (unpaired) electrons. The summed E-state index contributed by atoms with van der Waals surface area (Å²) in [6.45, 7) is 5.82. The van der Waals surface area contributed by atoms with Crippen LogP contribution >= 0.6 is 23.2 Å². The van der Waals surface area contributed by atoms with Crippen LogP contribution in [0.25, 0.3) is 0 Å². The maximum Gasteiger partial charge on any atom is 0.102 e. The van der Waals surface area contributed by atoms with Crippen LogP contribution < -0.4 is 0 Å². The summed E-state index contributed by atoms with van der Waals surface area (Å²) in [6.07, 6.45) is 6.66. The molecule has 0 aromatic carbocycles. The lowest BCUT2D eigenvalue weighted by molar-refractivity contribution is 0.908. The van der Waals surface area contributed by atoms with Crippen molar-refractivity contribution in [1.82, 2.24) is 0 Å². The molecule has 0 nitrogen and oxygen atoms in total. The average molecular weight is 192 g/mol. The van der Waals surface area contributed by atoms with Gasteiger partial charge in [-0.15, -0.1) is 0 Å². The summed E-state index contributed by atoms with van der Waals surface area (Å²) in [6, 6.07) is 0. The molecule has 0 spiro atoms. The molecule has 0 heterocycles. The molecule has 0 aliphatic heterocycles. The molecule has 0 saturated heterocycles. The van der Waals surface area contributed by atoms with Crippen LogP contribution in [0.4, 0.5) is 0 Å². The van der Waals surface area contributed by atoms with Crippen LogP contribution in [0, 0.1) is 6.92 Å². The largest absolute Gasteiger partial charge is 0.102 e. The van der Waals surface area contributed by atoms with Crippen molar-refractivity contribution in [3.63, 3.8) is 0 Å². The van der Waals surface area contributed by atoms with Crippen molar-refractivity contribution >= 4 is 23.2 Å². The minimum absolute atomic E-state index is 0.351. The van der Waals surface area contributed by atoms with Crippen LogP contribution in [-0.2, 0) is 0 Å². The first-order valence-electron chi connectivity index (χ1n) is 3.69. The van der Waals surface area contributed by atoms with E-state index in [-0.39, 0.29) is 0 Å². The zero-order valence-electron chi connectivity index (χ0n) is 6.74. The highest BCUT2D eigenvalue weighted by Crippen LogP contribution is 2.13. The van der Waals surface area contributed by atoms with Crippen molar-refractivity contribution in [3.8, 4) is 0 Å². The molecule has 0 aliphatic carbocycles. The third-order valence-corrected chi connectivity index (χ3v) is 1.82. The molecule has 0 unspecified atom stereocenters. The Bertz CT molecular complexity index is 153. The van der Waals surface area contributed by atoms with Gasteiger partial charge in [0.2, 0.25) is 0 Å². The normalized spacial score (nSPS) is 11.5. The quantitative estimate of drug-likeness (QED) is 0.624. The van der Waals surface area contributed by atoms with Gasteiger partial charge in [0.05, 0.1) is 0 Å². The fourth-order valence-corrected chi connectivity index (χ4v) is 1.01. The van der Waals surface area contributed by atoms with E-state index >= 15 is 0 Å². The fraction of sp³-hybridized carbons (Fsp3) is 0.444. The lowest BCUT2D eigenvalue weighted by Gasteiger charge is -1.99. The van der Waals surface area contributed by atoms with Crippen LogP contribution in [0.2, 0.25) is 0 Å². The number of allylic oxidation sites excluding steroid dienone is 3. The van der Waals surface area contributed by atoms with E-state index in [1.165, 1.54) is 5.57 Å². The van der Waals surface area contributed by atoms with Gasteiger partial charge in [0.25, 0.3) is 0 Å². The summed E-state index contributed by atoms with van der Waals surface area (Å²) in [5, 5.41) is 0. The molecule has 0 N–H and O–H groups in total. The first-order valence-corrected chi connectivity index (χ1v) is 4.44. The van der Waals surface area contributed by atoms with Crippen molar-refractivity contribution in [2.75, 3.05) is 0 Å². The highest BCUT2D eigenvalue weighted by Gasteiger charge is 1.91. The van der Waals surface area contributed by atoms with Crippen LogP contribution in [0.15, 0.2) is 22.2 Å². The molecular weight excluding hydrogens is 179 g/mol. The van der Waals surface area contributed by atoms with Gasteiger partial charge in [-0.1, -0.05) is 47.9 Å². The van der Waals surface area contributed by atoms with E-state index in [9.17, 15) is 0 Å². The van der Waals surface area contributed by atoms with Gasteiger partial charge in [-0.25, -0.2) is 0 Å². The predicted molar refractivity (Wildman–Crippen MR) is 52.8 cm³/mol. The monoisotopic (exact) mass is 191 g/mol. The zero-order valence-corrected chi connectivity index (χ0v) is 8.25. The second-order valence-corrected chi connectivity index (χ2v) is 3.26. The molecule has 0 amide bonds. The Morgan fingerprint density at radius 2 is 2.09 bits per heavy atom. The Labute approximate surface area is 78.9 Å². The molecule has 0 fully saturated rings. The van der Waals surface area contributed by atoms with Gasteiger partial charge in [-0.2, -0.15) is 0 Å². The van der Waals surface area contributed by atoms with Gasteiger partial charge in [0.15, 0.2) is 0 Å². The molecule has 0 atom stereocenters. The third kappa shape index (κ3) is 6.46. The van der Waals surface area contributed by atoms with Crippen molar-refractivity contribution in [3.05, 3.63) is 29.1 Å². The van der Waals surface area contributed by atoms with Crippen LogP contribution in [0.1, 0.15) is 26.2 Å². The Kier molecular flexibility index (Phi) is 6.79. The molecule has 0 rings (SSSR count). The van der Waals surface area contributed by atoms with Gasteiger partial charge >= 0.3 is 0 Å². The molecule has 11 heavy (non-hydrogen) atoms. The number of rotatable bonds is 4. The van der Waals surface area contributed by atoms with Gasteiger partial charge in [0, 0.05) is 0 Å². The highest BCUT2D eigenvalue weighted by molar-refractivity contribution is 6.55. The standard InChI is InChI=1S/C9H13Cl2/c1-3-8(4-2)6-5-7-9(10)11/h3,7H,1,4-6H2,2H3/b8-3+. The second-order valence-electron chi connectivity index (χ2n) is 2.25. The van der Waals surface area contributed by atoms with E-state index < -0.39 is 0 Å². The molecule has 0 aromatic rings. The second kappa shape index (κ2) is 6.75. The first-order chi connectivity index (χ1) is 5.20. The molecule has 0 bridgehead atoms. The SMILES string of the molecule is [CH2]/C=C(\CC)CCC=C(Cl)Cl. The fourth-order valence-electron chi connectivity index (χ4n) is 0.790. The average Bonchev–Trinajstić information content (AvgIpc) is 1.98. The summed E-state index contributed by atoms with van der Waals surface area (Å²) < 4.78 is 0.351. The summed E-state index contributed by atoms with van der Waals surface area (Å²) in [5.74, 6) is 0. The first kappa shape index (κ1) is 11.1. The predicted octanol–water partition coefficient (Wildman–Crippen LogP) is 4.26. The Morgan fingerprint density at radius 3 is 2.45 bits per heavy atom. The lowest BCUT2D eigenvalue weighted by atomic mass is 10.1. The molecular formula is C9H13Cl2. The third-order valence-electron chi connectivity index (χ3n) is 1.51. The van der Waals surface area contributed by atoms with Crippen molar-refractivity contribution in [2.45, 2.75) is 26.2 Å². The Morgan fingerprint density at radius 1 is 1.45 bits per heavy atom. The van der Waals surface area contributed by atoms with Gasteiger partial charge < -0.3 is 0 Å². The van der Waals surface area contributed by atoms with Crippen LogP contribution in [0.5, 0.6) is 0 Å².